The summed E-state index contributed by atoms with van der Waals surface area (Å²) in [6, 6.07) is 45.0. The van der Waals surface area contributed by atoms with Crippen molar-refractivity contribution in [3.63, 3.8) is 0 Å². The van der Waals surface area contributed by atoms with E-state index in [4.69, 9.17) is 0 Å². The Hall–Kier alpha value is -6.36. The van der Waals surface area contributed by atoms with Crippen LogP contribution in [0.3, 0.4) is 0 Å². The van der Waals surface area contributed by atoms with E-state index in [1.165, 1.54) is 22.2 Å². The van der Waals surface area contributed by atoms with Crippen molar-refractivity contribution in [1.29, 1.82) is 10.5 Å². The van der Waals surface area contributed by atoms with Gasteiger partial charge in [-0.25, -0.2) is 0 Å². The van der Waals surface area contributed by atoms with E-state index < -0.39 is 0 Å². The summed E-state index contributed by atoms with van der Waals surface area (Å²) in [4.78, 5) is 0. The molecule has 0 spiro atoms. The van der Waals surface area contributed by atoms with Crippen LogP contribution in [0.25, 0.3) is 55.7 Å². The van der Waals surface area contributed by atoms with Crippen molar-refractivity contribution in [3.8, 4) is 23.5 Å². The highest BCUT2D eigenvalue weighted by atomic mass is 15.0. The zero-order valence-electron chi connectivity index (χ0n) is 26.3. The smallest absolute Gasteiger partial charge is 0.101 e. The molecule has 5 aromatic carbocycles. The molecule has 0 aliphatic heterocycles. The Labute approximate surface area is 279 Å². The Morgan fingerprint density at radius 2 is 1.35 bits per heavy atom. The molecule has 0 fully saturated rings. The van der Waals surface area contributed by atoms with E-state index in [1.54, 1.807) is 0 Å². The number of hydrogen-bond acceptors (Lipinski definition) is 2. The molecule has 0 amide bonds. The number of fused-ring (bicyclic) bond motifs is 6. The first-order valence-corrected chi connectivity index (χ1v) is 16.5. The highest BCUT2D eigenvalue weighted by Crippen LogP contribution is 2.42. The summed E-state index contributed by atoms with van der Waals surface area (Å²) in [5.74, 6) is -0.185. The number of nitrogens with zero attached hydrogens (tertiary/aromatic N) is 4. The standard InChI is InChI=1S/C44H30N4/c45-27-31-12-10-18-39(44(31)48-42-21-7-3-16-37(42)38-17-4-8-22-43(38)48)34-24-23-30(25-32(34)28-46)29-11-9-13-33(26-29)47-40-19-5-1-14-35(40)36-15-2-6-20-41(36)47/h1,3-14,16-23,25-26,34H,2,15,24H2. The number of para-hydroxylation sites is 4. The van der Waals surface area contributed by atoms with E-state index >= 15 is 0 Å². The van der Waals surface area contributed by atoms with Crippen molar-refractivity contribution in [2.24, 2.45) is 0 Å². The summed E-state index contributed by atoms with van der Waals surface area (Å²) in [5.41, 5.74) is 12.3. The quantitative estimate of drug-likeness (QED) is 0.198. The Bertz CT molecular complexity index is 2570. The minimum absolute atomic E-state index is 0.185. The number of nitriles is 2. The van der Waals surface area contributed by atoms with E-state index in [0.29, 0.717) is 17.6 Å². The van der Waals surface area contributed by atoms with Crippen LogP contribution in [0.15, 0.2) is 139 Å². The number of allylic oxidation sites excluding steroid dienone is 5. The van der Waals surface area contributed by atoms with Crippen LogP contribution in [0.4, 0.5) is 0 Å². The highest BCUT2D eigenvalue weighted by Gasteiger charge is 2.27. The van der Waals surface area contributed by atoms with Crippen LogP contribution < -0.4 is 0 Å². The van der Waals surface area contributed by atoms with Gasteiger partial charge in [0.2, 0.25) is 0 Å². The molecule has 2 heterocycles. The van der Waals surface area contributed by atoms with Crippen molar-refractivity contribution in [3.05, 3.63) is 167 Å². The molecule has 4 nitrogen and oxygen atoms in total. The molecular weight excluding hydrogens is 585 g/mol. The first-order chi connectivity index (χ1) is 23.7. The second-order valence-electron chi connectivity index (χ2n) is 12.6. The summed E-state index contributed by atoms with van der Waals surface area (Å²) in [5, 5.41) is 24.6. The van der Waals surface area contributed by atoms with Crippen molar-refractivity contribution >= 4 is 44.4 Å². The summed E-state index contributed by atoms with van der Waals surface area (Å²) >= 11 is 0. The molecule has 0 N–H and O–H groups in total. The third-order valence-corrected chi connectivity index (χ3v) is 10.1. The van der Waals surface area contributed by atoms with Gasteiger partial charge in [0.1, 0.15) is 6.07 Å². The number of rotatable bonds is 4. The molecule has 7 aromatic rings. The molecule has 226 valence electrons. The van der Waals surface area contributed by atoms with Crippen LogP contribution >= 0.6 is 0 Å². The zero-order valence-corrected chi connectivity index (χ0v) is 26.3. The van der Waals surface area contributed by atoms with E-state index in [-0.39, 0.29) is 5.92 Å². The maximum atomic E-state index is 10.6. The van der Waals surface area contributed by atoms with Gasteiger partial charge in [-0.1, -0.05) is 91.0 Å². The molecule has 0 saturated carbocycles. The molecule has 2 aliphatic carbocycles. The maximum absolute atomic E-state index is 10.6. The lowest BCUT2D eigenvalue weighted by Crippen LogP contribution is -2.11. The van der Waals surface area contributed by atoms with Gasteiger partial charge in [0.15, 0.2) is 0 Å². The van der Waals surface area contributed by atoms with Crippen LogP contribution in [0.5, 0.6) is 0 Å². The first kappa shape index (κ1) is 27.9. The molecule has 48 heavy (non-hydrogen) atoms. The van der Waals surface area contributed by atoms with Crippen LogP contribution in [0.2, 0.25) is 0 Å². The lowest BCUT2D eigenvalue weighted by molar-refractivity contribution is 0.814. The van der Waals surface area contributed by atoms with Gasteiger partial charge in [-0.3, -0.25) is 0 Å². The lowest BCUT2D eigenvalue weighted by atomic mass is 9.81. The van der Waals surface area contributed by atoms with E-state index in [2.05, 4.69) is 130 Å². The first-order valence-electron chi connectivity index (χ1n) is 16.5. The number of aryl methyl sites for hydroxylation is 1. The number of benzene rings is 5. The van der Waals surface area contributed by atoms with E-state index in [1.807, 2.05) is 30.3 Å². The predicted octanol–water partition coefficient (Wildman–Crippen LogP) is 10.6. The fraction of sp³-hybridized carbons (Fsp3) is 0.0909. The molecule has 1 atom stereocenters. The number of aromatic nitrogens is 2. The minimum atomic E-state index is -0.185. The van der Waals surface area contributed by atoms with Crippen LogP contribution in [-0.4, -0.2) is 9.13 Å². The molecule has 0 radical (unpaired) electrons. The van der Waals surface area contributed by atoms with Crippen LogP contribution in [0.1, 0.15) is 46.7 Å². The summed E-state index contributed by atoms with van der Waals surface area (Å²) < 4.78 is 4.59. The van der Waals surface area contributed by atoms with Crippen LogP contribution in [-0.2, 0) is 6.42 Å². The summed E-state index contributed by atoms with van der Waals surface area (Å²) in [6.07, 6.45) is 11.6. The third-order valence-electron chi connectivity index (χ3n) is 10.1. The molecule has 1 unspecified atom stereocenters. The van der Waals surface area contributed by atoms with Gasteiger partial charge in [-0.15, -0.1) is 0 Å². The molecule has 2 aromatic heterocycles. The Morgan fingerprint density at radius 3 is 2.08 bits per heavy atom. The Morgan fingerprint density at radius 1 is 0.667 bits per heavy atom. The van der Waals surface area contributed by atoms with Gasteiger partial charge in [0.05, 0.1) is 33.9 Å². The maximum Gasteiger partial charge on any atom is 0.101 e. The van der Waals surface area contributed by atoms with Gasteiger partial charge in [-0.2, -0.15) is 10.5 Å². The van der Waals surface area contributed by atoms with Crippen molar-refractivity contribution < 1.29 is 0 Å². The molecular formula is C44H30N4. The lowest BCUT2D eigenvalue weighted by Gasteiger charge is -2.25. The van der Waals surface area contributed by atoms with Crippen molar-refractivity contribution in [2.75, 3.05) is 0 Å². The Balaban J connectivity index is 1.16. The highest BCUT2D eigenvalue weighted by molar-refractivity contribution is 6.09. The molecule has 4 heteroatoms. The second kappa shape index (κ2) is 11.2. The Kier molecular flexibility index (Phi) is 6.49. The van der Waals surface area contributed by atoms with E-state index in [0.717, 1.165) is 62.7 Å². The molecule has 9 rings (SSSR count). The van der Waals surface area contributed by atoms with Crippen molar-refractivity contribution in [1.82, 2.24) is 9.13 Å². The predicted molar refractivity (Wildman–Crippen MR) is 195 cm³/mol. The second-order valence-corrected chi connectivity index (χ2v) is 12.6. The topological polar surface area (TPSA) is 57.4 Å². The summed E-state index contributed by atoms with van der Waals surface area (Å²) in [6.45, 7) is 0. The SMILES string of the molecule is N#CC1=CC(c2cccc(-n3c4c(c5ccccc53)CCC=C4)c2)=CCC1c1cccc(C#N)c1-n1c2ccccc2c2ccccc21. The largest absolute Gasteiger partial charge is 0.310 e. The van der Waals surface area contributed by atoms with E-state index in [9.17, 15) is 10.5 Å². The number of hydrogen-bond donors (Lipinski definition) is 0. The minimum Gasteiger partial charge on any atom is -0.310 e. The molecule has 0 bridgehead atoms. The van der Waals surface area contributed by atoms with Gasteiger partial charge >= 0.3 is 0 Å². The average molecular weight is 615 g/mol. The molecule has 0 saturated heterocycles. The van der Waals surface area contributed by atoms with Gasteiger partial charge in [0.25, 0.3) is 0 Å². The third kappa shape index (κ3) is 4.20. The molecule has 2 aliphatic rings. The summed E-state index contributed by atoms with van der Waals surface area (Å²) in [7, 11) is 0. The van der Waals surface area contributed by atoms with Crippen molar-refractivity contribution in [2.45, 2.75) is 25.2 Å². The average Bonchev–Trinajstić information content (AvgIpc) is 3.67. The monoisotopic (exact) mass is 614 g/mol. The fourth-order valence-corrected chi connectivity index (χ4v) is 7.94. The zero-order chi connectivity index (χ0) is 32.2. The van der Waals surface area contributed by atoms with Crippen LogP contribution in [0, 0.1) is 22.7 Å². The van der Waals surface area contributed by atoms with Gasteiger partial charge < -0.3 is 9.13 Å². The normalized spacial score (nSPS) is 15.6. The van der Waals surface area contributed by atoms with Gasteiger partial charge in [-0.05, 0) is 90.1 Å². The fourth-order valence-electron chi connectivity index (χ4n) is 7.94. The van der Waals surface area contributed by atoms with Gasteiger partial charge in [0, 0.05) is 39.0 Å².